The van der Waals surface area contributed by atoms with Crippen LogP contribution < -0.4 is 0 Å². The first-order valence-corrected chi connectivity index (χ1v) is 8.22. The Hall–Kier alpha value is -1.88. The minimum atomic E-state index is -0.989. The van der Waals surface area contributed by atoms with Crippen LogP contribution in [0.1, 0.15) is 39.3 Å². The summed E-state index contributed by atoms with van der Waals surface area (Å²) in [6.07, 6.45) is 0. The van der Waals surface area contributed by atoms with Crippen LogP contribution in [-0.2, 0) is 19.1 Å². The van der Waals surface area contributed by atoms with E-state index < -0.39 is 23.9 Å². The van der Waals surface area contributed by atoms with Gasteiger partial charge in [-0.1, -0.05) is 44.2 Å². The van der Waals surface area contributed by atoms with E-state index in [9.17, 15) is 9.59 Å². The van der Waals surface area contributed by atoms with Gasteiger partial charge in [0.15, 0.2) is 5.92 Å². The Labute approximate surface area is 138 Å². The number of rotatable bonds is 9. The zero-order chi connectivity index (χ0) is 17.2. The molecule has 1 rings (SSSR count). The van der Waals surface area contributed by atoms with Crippen molar-refractivity contribution in [2.75, 3.05) is 26.3 Å². The van der Waals surface area contributed by atoms with Crippen LogP contribution in [0.4, 0.5) is 0 Å². The molecular weight excluding hydrogens is 294 g/mol. The third-order valence-corrected chi connectivity index (χ3v) is 3.74. The number of carbonyl (C=O) groups excluding carboxylic acids is 2. The molecule has 0 aliphatic heterocycles. The van der Waals surface area contributed by atoms with Crippen molar-refractivity contribution in [3.05, 3.63) is 35.9 Å². The quantitative estimate of drug-likeness (QED) is 0.517. The standard InChI is InChI=1S/C18H27NO4/c1-5-19(6-2)16(14-12-10-9-11-13-14)15(17(20)22-7-3)18(21)23-8-4/h9-13,15-16H,5-8H2,1-4H3/t16-/m0/s1. The van der Waals surface area contributed by atoms with Gasteiger partial charge in [-0.05, 0) is 32.5 Å². The molecule has 23 heavy (non-hydrogen) atoms. The molecule has 0 spiro atoms. The van der Waals surface area contributed by atoms with Crippen molar-refractivity contribution in [3.8, 4) is 0 Å². The van der Waals surface area contributed by atoms with E-state index in [4.69, 9.17) is 9.47 Å². The lowest BCUT2D eigenvalue weighted by Gasteiger charge is -2.33. The first-order chi connectivity index (χ1) is 11.1. The molecule has 0 saturated heterocycles. The maximum atomic E-state index is 12.5. The molecule has 1 atom stereocenters. The SMILES string of the molecule is CCOC(=O)C(C(=O)OCC)[C@H](c1ccccc1)N(CC)CC. The minimum Gasteiger partial charge on any atom is -0.465 e. The highest BCUT2D eigenvalue weighted by Gasteiger charge is 2.40. The number of hydrogen-bond acceptors (Lipinski definition) is 5. The van der Waals surface area contributed by atoms with Gasteiger partial charge in [0.1, 0.15) is 0 Å². The molecular formula is C18H27NO4. The van der Waals surface area contributed by atoms with Crippen molar-refractivity contribution in [3.63, 3.8) is 0 Å². The minimum absolute atomic E-state index is 0.231. The molecule has 0 aliphatic rings. The molecule has 0 bridgehead atoms. The lowest BCUT2D eigenvalue weighted by atomic mass is 9.91. The van der Waals surface area contributed by atoms with E-state index in [1.54, 1.807) is 13.8 Å². The van der Waals surface area contributed by atoms with Crippen LogP contribution >= 0.6 is 0 Å². The van der Waals surface area contributed by atoms with Gasteiger partial charge in [0, 0.05) is 0 Å². The van der Waals surface area contributed by atoms with Crippen LogP contribution in [0.3, 0.4) is 0 Å². The number of ether oxygens (including phenoxy) is 2. The van der Waals surface area contributed by atoms with Crippen LogP contribution in [0.2, 0.25) is 0 Å². The Morgan fingerprint density at radius 3 is 1.78 bits per heavy atom. The predicted octanol–water partition coefficient (Wildman–Crippen LogP) is 2.81. The molecule has 0 amide bonds. The second kappa shape index (κ2) is 10.0. The van der Waals surface area contributed by atoms with Gasteiger partial charge < -0.3 is 9.47 Å². The van der Waals surface area contributed by atoms with Crippen molar-refractivity contribution in [2.24, 2.45) is 5.92 Å². The van der Waals surface area contributed by atoms with E-state index in [1.807, 2.05) is 44.2 Å². The van der Waals surface area contributed by atoms with Gasteiger partial charge in [0.25, 0.3) is 0 Å². The molecule has 0 N–H and O–H groups in total. The van der Waals surface area contributed by atoms with Gasteiger partial charge in [-0.3, -0.25) is 14.5 Å². The molecule has 0 saturated carbocycles. The lowest BCUT2D eigenvalue weighted by molar-refractivity contribution is -0.165. The van der Waals surface area contributed by atoms with Gasteiger partial charge in [0.2, 0.25) is 0 Å². The number of carbonyl (C=O) groups is 2. The van der Waals surface area contributed by atoms with Crippen molar-refractivity contribution in [1.29, 1.82) is 0 Å². The van der Waals surface area contributed by atoms with Crippen LogP contribution in [0, 0.1) is 5.92 Å². The highest BCUT2D eigenvalue weighted by Crippen LogP contribution is 2.30. The zero-order valence-corrected chi connectivity index (χ0v) is 14.5. The molecule has 0 radical (unpaired) electrons. The molecule has 1 aromatic rings. The number of hydrogen-bond donors (Lipinski definition) is 0. The largest absolute Gasteiger partial charge is 0.465 e. The fourth-order valence-corrected chi connectivity index (χ4v) is 2.70. The Morgan fingerprint density at radius 2 is 1.39 bits per heavy atom. The summed E-state index contributed by atoms with van der Waals surface area (Å²) >= 11 is 0. The summed E-state index contributed by atoms with van der Waals surface area (Å²) in [5.74, 6) is -2.06. The number of esters is 2. The lowest BCUT2D eigenvalue weighted by Crippen LogP contribution is -2.42. The molecule has 0 unspecified atom stereocenters. The summed E-state index contributed by atoms with van der Waals surface area (Å²) in [6.45, 7) is 9.36. The Balaban J connectivity index is 3.30. The van der Waals surface area contributed by atoms with E-state index in [2.05, 4.69) is 4.90 Å². The maximum absolute atomic E-state index is 12.5. The second-order valence-corrected chi connectivity index (χ2v) is 5.06. The van der Waals surface area contributed by atoms with Crippen LogP contribution in [0.15, 0.2) is 30.3 Å². The average molecular weight is 321 g/mol. The highest BCUT2D eigenvalue weighted by molar-refractivity contribution is 5.96. The summed E-state index contributed by atoms with van der Waals surface area (Å²) in [6, 6.07) is 9.16. The molecule has 5 heteroatoms. The molecule has 0 aromatic heterocycles. The molecule has 0 aliphatic carbocycles. The van der Waals surface area contributed by atoms with Crippen LogP contribution in [0.25, 0.3) is 0 Å². The Morgan fingerprint density at radius 1 is 0.913 bits per heavy atom. The maximum Gasteiger partial charge on any atom is 0.322 e. The van der Waals surface area contributed by atoms with Crippen molar-refractivity contribution >= 4 is 11.9 Å². The second-order valence-electron chi connectivity index (χ2n) is 5.06. The summed E-state index contributed by atoms with van der Waals surface area (Å²) in [5, 5.41) is 0. The summed E-state index contributed by atoms with van der Waals surface area (Å²) < 4.78 is 10.3. The fourth-order valence-electron chi connectivity index (χ4n) is 2.70. The molecule has 1 aromatic carbocycles. The predicted molar refractivity (Wildman–Crippen MR) is 88.9 cm³/mol. The van der Waals surface area contributed by atoms with Gasteiger partial charge in [-0.25, -0.2) is 0 Å². The molecule has 5 nitrogen and oxygen atoms in total. The van der Waals surface area contributed by atoms with Crippen LogP contribution in [-0.4, -0.2) is 43.1 Å². The van der Waals surface area contributed by atoms with Crippen LogP contribution in [0.5, 0.6) is 0 Å². The first-order valence-electron chi connectivity index (χ1n) is 8.22. The van der Waals surface area contributed by atoms with E-state index in [1.165, 1.54) is 0 Å². The summed E-state index contributed by atoms with van der Waals surface area (Å²) in [4.78, 5) is 27.0. The smallest absolute Gasteiger partial charge is 0.322 e. The highest BCUT2D eigenvalue weighted by atomic mass is 16.6. The van der Waals surface area contributed by atoms with E-state index in [0.717, 1.165) is 5.56 Å². The molecule has 128 valence electrons. The van der Waals surface area contributed by atoms with Crippen molar-refractivity contribution in [1.82, 2.24) is 4.90 Å². The topological polar surface area (TPSA) is 55.8 Å². The summed E-state index contributed by atoms with van der Waals surface area (Å²) in [7, 11) is 0. The normalized spacial score (nSPS) is 12.3. The zero-order valence-electron chi connectivity index (χ0n) is 14.5. The van der Waals surface area contributed by atoms with Gasteiger partial charge in [-0.15, -0.1) is 0 Å². The van der Waals surface area contributed by atoms with Crippen molar-refractivity contribution in [2.45, 2.75) is 33.7 Å². The monoisotopic (exact) mass is 321 g/mol. The third kappa shape index (κ3) is 5.06. The van der Waals surface area contributed by atoms with E-state index in [0.29, 0.717) is 13.1 Å². The van der Waals surface area contributed by atoms with E-state index in [-0.39, 0.29) is 13.2 Å². The van der Waals surface area contributed by atoms with Gasteiger partial charge in [-0.2, -0.15) is 0 Å². The van der Waals surface area contributed by atoms with E-state index >= 15 is 0 Å². The molecule has 0 fully saturated rings. The van der Waals surface area contributed by atoms with Gasteiger partial charge in [0.05, 0.1) is 19.3 Å². The fraction of sp³-hybridized carbons (Fsp3) is 0.556. The average Bonchev–Trinajstić information content (AvgIpc) is 2.56. The number of benzene rings is 1. The first kappa shape index (κ1) is 19.2. The Kier molecular flexibility index (Phi) is 8.33. The Bertz CT molecular complexity index is 467. The van der Waals surface area contributed by atoms with Crippen molar-refractivity contribution < 1.29 is 19.1 Å². The molecule has 0 heterocycles. The number of nitrogens with zero attached hydrogens (tertiary/aromatic N) is 1. The van der Waals surface area contributed by atoms with Gasteiger partial charge >= 0.3 is 11.9 Å². The summed E-state index contributed by atoms with van der Waals surface area (Å²) in [5.41, 5.74) is 0.905. The third-order valence-electron chi connectivity index (χ3n) is 3.74.